The summed E-state index contributed by atoms with van der Waals surface area (Å²) in [7, 11) is 0. The predicted octanol–water partition coefficient (Wildman–Crippen LogP) is 1.28. The van der Waals surface area contributed by atoms with Crippen LogP contribution in [-0.4, -0.2) is 18.3 Å². The van der Waals surface area contributed by atoms with E-state index in [1.807, 2.05) is 0 Å². The maximum atomic E-state index is 13.2. The molecule has 0 radical (unpaired) electrons. The third kappa shape index (κ3) is 3.34. The van der Waals surface area contributed by atoms with Gasteiger partial charge in [0.2, 0.25) is 0 Å². The van der Waals surface area contributed by atoms with E-state index in [1.54, 1.807) is 0 Å². The fourth-order valence-electron chi connectivity index (χ4n) is 1.10. The number of benzene rings is 1. The molecule has 16 heavy (non-hydrogen) atoms. The molecule has 0 saturated heterocycles. The van der Waals surface area contributed by atoms with Crippen molar-refractivity contribution >= 4 is 11.7 Å². The number of ether oxygens (including phenoxy) is 1. The molecule has 0 fully saturated rings. The molecule has 1 aromatic carbocycles. The summed E-state index contributed by atoms with van der Waals surface area (Å²) in [5.74, 6) is -1.29. The Morgan fingerprint density at radius 3 is 2.62 bits per heavy atom. The Hall–Kier alpha value is -1.91. The highest BCUT2D eigenvalue weighted by molar-refractivity contribution is 5.93. The van der Waals surface area contributed by atoms with E-state index in [2.05, 4.69) is 0 Å². The van der Waals surface area contributed by atoms with Crippen LogP contribution in [0.5, 0.6) is 5.75 Å². The number of nitrogens with two attached hydrogens (primary N) is 1. The largest absolute Gasteiger partial charge is 0.493 e. The summed E-state index contributed by atoms with van der Waals surface area (Å²) < 4.78 is 18.4. The molecule has 1 aromatic rings. The number of primary amides is 1. The molecule has 0 aliphatic rings. The number of halogens is 1. The molecule has 1 rings (SSSR count). The minimum absolute atomic E-state index is 0.00534. The van der Waals surface area contributed by atoms with Crippen LogP contribution in [-0.2, 0) is 4.79 Å². The number of carbonyl (C=O) groups excluding carboxylic acids is 2. The van der Waals surface area contributed by atoms with E-state index in [9.17, 15) is 14.0 Å². The smallest absolute Gasteiger partial charge is 0.251 e. The van der Waals surface area contributed by atoms with Crippen molar-refractivity contribution < 1.29 is 18.7 Å². The minimum Gasteiger partial charge on any atom is -0.493 e. The van der Waals surface area contributed by atoms with E-state index in [0.29, 0.717) is 0 Å². The Labute approximate surface area is 92.2 Å². The fourth-order valence-corrected chi connectivity index (χ4v) is 1.10. The van der Waals surface area contributed by atoms with E-state index in [4.69, 9.17) is 10.5 Å². The monoisotopic (exact) mass is 225 g/mol. The first-order valence-electron chi connectivity index (χ1n) is 4.72. The van der Waals surface area contributed by atoms with Crippen LogP contribution in [0.15, 0.2) is 18.2 Å². The molecule has 0 unspecified atom stereocenters. The van der Waals surface area contributed by atoms with Crippen LogP contribution in [0.4, 0.5) is 4.39 Å². The summed E-state index contributed by atoms with van der Waals surface area (Å²) in [4.78, 5) is 21.4. The van der Waals surface area contributed by atoms with Crippen LogP contribution in [0, 0.1) is 5.82 Å². The summed E-state index contributed by atoms with van der Waals surface area (Å²) in [6, 6.07) is 3.75. The van der Waals surface area contributed by atoms with Gasteiger partial charge in [-0.25, -0.2) is 4.39 Å². The highest BCUT2D eigenvalue weighted by Crippen LogP contribution is 2.16. The number of carbonyl (C=O) groups is 2. The van der Waals surface area contributed by atoms with Gasteiger partial charge in [-0.3, -0.25) is 9.59 Å². The molecule has 0 bridgehead atoms. The van der Waals surface area contributed by atoms with Crippen LogP contribution in [0.2, 0.25) is 0 Å². The average molecular weight is 225 g/mol. The van der Waals surface area contributed by atoms with Crippen molar-refractivity contribution in [3.8, 4) is 5.75 Å². The predicted molar refractivity (Wildman–Crippen MR) is 55.7 cm³/mol. The van der Waals surface area contributed by atoms with Gasteiger partial charge in [-0.2, -0.15) is 0 Å². The molecule has 4 nitrogen and oxygen atoms in total. The maximum absolute atomic E-state index is 13.2. The van der Waals surface area contributed by atoms with E-state index in [-0.39, 0.29) is 30.1 Å². The lowest BCUT2D eigenvalue weighted by molar-refractivity contribution is -0.117. The van der Waals surface area contributed by atoms with Crippen LogP contribution >= 0.6 is 0 Å². The van der Waals surface area contributed by atoms with Crippen molar-refractivity contribution in [1.29, 1.82) is 0 Å². The normalized spacial score (nSPS) is 9.88. The zero-order valence-corrected chi connectivity index (χ0v) is 8.83. The second kappa shape index (κ2) is 5.25. The van der Waals surface area contributed by atoms with Gasteiger partial charge in [-0.1, -0.05) is 0 Å². The molecule has 0 heterocycles. The Kier molecular flexibility index (Phi) is 3.99. The van der Waals surface area contributed by atoms with Gasteiger partial charge in [0.1, 0.15) is 17.3 Å². The number of Topliss-reactive ketones (excluding diaryl/α,β-unsaturated/α-hetero) is 1. The molecular weight excluding hydrogens is 213 g/mol. The molecule has 5 heteroatoms. The molecule has 2 N–H and O–H groups in total. The van der Waals surface area contributed by atoms with Crippen molar-refractivity contribution in [2.24, 2.45) is 5.73 Å². The van der Waals surface area contributed by atoms with Gasteiger partial charge < -0.3 is 10.5 Å². The molecule has 0 saturated carbocycles. The van der Waals surface area contributed by atoms with Crippen LogP contribution in [0.3, 0.4) is 0 Å². The highest BCUT2D eigenvalue weighted by Gasteiger charge is 2.09. The number of amides is 1. The zero-order valence-electron chi connectivity index (χ0n) is 8.83. The molecule has 0 aromatic heterocycles. The summed E-state index contributed by atoms with van der Waals surface area (Å²) in [5.41, 5.74) is 4.76. The molecule has 0 atom stereocenters. The summed E-state index contributed by atoms with van der Waals surface area (Å²) in [5, 5.41) is 0. The van der Waals surface area contributed by atoms with Crippen molar-refractivity contribution in [1.82, 2.24) is 0 Å². The quantitative estimate of drug-likeness (QED) is 0.820. The second-order valence-electron chi connectivity index (χ2n) is 3.31. The van der Waals surface area contributed by atoms with Gasteiger partial charge in [0, 0.05) is 12.5 Å². The van der Waals surface area contributed by atoms with Crippen molar-refractivity contribution in [2.75, 3.05) is 6.61 Å². The first-order chi connectivity index (χ1) is 7.50. The minimum atomic E-state index is -0.826. The lowest BCUT2D eigenvalue weighted by Gasteiger charge is -2.06. The van der Waals surface area contributed by atoms with Crippen molar-refractivity contribution in [3.63, 3.8) is 0 Å². The zero-order chi connectivity index (χ0) is 12.1. The van der Waals surface area contributed by atoms with E-state index in [0.717, 1.165) is 6.07 Å². The molecular formula is C11H12FNO3. The van der Waals surface area contributed by atoms with Gasteiger partial charge in [0.25, 0.3) is 5.91 Å². The first-order valence-corrected chi connectivity index (χ1v) is 4.72. The molecule has 0 aliphatic carbocycles. The Morgan fingerprint density at radius 1 is 1.44 bits per heavy atom. The van der Waals surface area contributed by atoms with Crippen molar-refractivity contribution in [3.05, 3.63) is 29.6 Å². The highest BCUT2D eigenvalue weighted by atomic mass is 19.1. The summed E-state index contributed by atoms with van der Waals surface area (Å²) >= 11 is 0. The van der Waals surface area contributed by atoms with Crippen LogP contribution in [0.25, 0.3) is 0 Å². The lowest BCUT2D eigenvalue weighted by atomic mass is 10.2. The standard InChI is InChI=1S/C11H12FNO3/c1-7(14)4-5-16-8-2-3-9(11(13)15)10(12)6-8/h2-3,6H,4-5H2,1H3,(H2,13,15). The number of hydrogen-bond donors (Lipinski definition) is 1. The van der Waals surface area contributed by atoms with Crippen molar-refractivity contribution in [2.45, 2.75) is 13.3 Å². The molecule has 0 spiro atoms. The van der Waals surface area contributed by atoms with Gasteiger partial charge in [0.05, 0.1) is 12.2 Å². The number of ketones is 1. The van der Waals surface area contributed by atoms with Gasteiger partial charge >= 0.3 is 0 Å². The Balaban J connectivity index is 2.66. The Morgan fingerprint density at radius 2 is 2.12 bits per heavy atom. The molecule has 1 amide bonds. The van der Waals surface area contributed by atoms with E-state index in [1.165, 1.54) is 19.1 Å². The number of rotatable bonds is 5. The topological polar surface area (TPSA) is 69.4 Å². The van der Waals surface area contributed by atoms with Gasteiger partial charge in [-0.05, 0) is 19.1 Å². The molecule has 86 valence electrons. The van der Waals surface area contributed by atoms with E-state index >= 15 is 0 Å². The summed E-state index contributed by atoms with van der Waals surface area (Å²) in [6.45, 7) is 1.63. The fraction of sp³-hybridized carbons (Fsp3) is 0.273. The van der Waals surface area contributed by atoms with Crippen LogP contribution < -0.4 is 10.5 Å². The SMILES string of the molecule is CC(=O)CCOc1ccc(C(N)=O)c(F)c1. The average Bonchev–Trinajstić information content (AvgIpc) is 2.16. The summed E-state index contributed by atoms with van der Waals surface area (Å²) in [6.07, 6.45) is 0.263. The third-order valence-electron chi connectivity index (χ3n) is 1.93. The second-order valence-corrected chi connectivity index (χ2v) is 3.31. The maximum Gasteiger partial charge on any atom is 0.251 e. The number of hydrogen-bond acceptors (Lipinski definition) is 3. The van der Waals surface area contributed by atoms with E-state index < -0.39 is 11.7 Å². The van der Waals surface area contributed by atoms with Gasteiger partial charge in [0.15, 0.2) is 0 Å². The first kappa shape index (κ1) is 12.2. The van der Waals surface area contributed by atoms with Crippen LogP contribution in [0.1, 0.15) is 23.7 Å². The Bertz CT molecular complexity index is 418. The third-order valence-corrected chi connectivity index (χ3v) is 1.93. The van der Waals surface area contributed by atoms with Gasteiger partial charge in [-0.15, -0.1) is 0 Å². The molecule has 0 aliphatic heterocycles. The lowest BCUT2D eigenvalue weighted by Crippen LogP contribution is -2.13.